The zero-order valence-corrected chi connectivity index (χ0v) is 10.3. The van der Waals surface area contributed by atoms with Crippen LogP contribution in [0.4, 0.5) is 5.69 Å². The van der Waals surface area contributed by atoms with Crippen LogP contribution in [0.2, 0.25) is 0 Å². The van der Waals surface area contributed by atoms with Gasteiger partial charge in [0.05, 0.1) is 12.8 Å². The van der Waals surface area contributed by atoms with Crippen molar-refractivity contribution in [2.24, 2.45) is 0 Å². The summed E-state index contributed by atoms with van der Waals surface area (Å²) in [6.07, 6.45) is 3.24. The van der Waals surface area contributed by atoms with Crippen LogP contribution in [0.25, 0.3) is 10.2 Å². The number of nitrogens with two attached hydrogens (primary N) is 1. The largest absolute Gasteiger partial charge is 0.465 e. The molecule has 5 heteroatoms. The van der Waals surface area contributed by atoms with Gasteiger partial charge in [0.1, 0.15) is 9.71 Å². The number of rotatable bonds is 1. The number of aryl methyl sites for hydroxylation is 2. The number of fused-ring (bicyclic) bond motifs is 2. The Labute approximate surface area is 102 Å². The molecule has 0 saturated heterocycles. The second-order valence-corrected chi connectivity index (χ2v) is 5.14. The van der Waals surface area contributed by atoms with Gasteiger partial charge in [-0.05, 0) is 30.9 Å². The number of thiophene rings is 1. The molecule has 2 aromatic heterocycles. The first-order valence-corrected chi connectivity index (χ1v) is 6.31. The van der Waals surface area contributed by atoms with Crippen molar-refractivity contribution in [3.05, 3.63) is 22.2 Å². The van der Waals surface area contributed by atoms with Gasteiger partial charge in [0.15, 0.2) is 0 Å². The normalized spacial score (nSPS) is 13.9. The molecule has 1 aliphatic carbocycles. The summed E-state index contributed by atoms with van der Waals surface area (Å²) in [6.45, 7) is 0. The summed E-state index contributed by atoms with van der Waals surface area (Å²) in [7, 11) is 1.36. The molecule has 0 saturated carbocycles. The number of aromatic nitrogens is 1. The third-order valence-electron chi connectivity index (χ3n) is 3.12. The third-order valence-corrected chi connectivity index (χ3v) is 4.22. The fraction of sp³-hybridized carbons (Fsp3) is 0.333. The van der Waals surface area contributed by atoms with E-state index in [1.807, 2.05) is 0 Å². The van der Waals surface area contributed by atoms with Gasteiger partial charge in [-0.2, -0.15) is 0 Å². The molecule has 0 amide bonds. The molecule has 88 valence electrons. The predicted molar refractivity (Wildman–Crippen MR) is 67.4 cm³/mol. The number of anilines is 1. The number of methoxy groups -OCH3 is 1. The average molecular weight is 248 g/mol. The number of hydrogen-bond acceptors (Lipinski definition) is 5. The van der Waals surface area contributed by atoms with Crippen LogP contribution in [0, 0.1) is 0 Å². The Morgan fingerprint density at radius 3 is 3.12 bits per heavy atom. The van der Waals surface area contributed by atoms with Crippen LogP contribution in [0.1, 0.15) is 27.3 Å². The molecule has 0 fully saturated rings. The van der Waals surface area contributed by atoms with Gasteiger partial charge in [-0.3, -0.25) is 0 Å². The topological polar surface area (TPSA) is 65.2 Å². The minimum absolute atomic E-state index is 0.384. The molecule has 0 radical (unpaired) electrons. The lowest BCUT2D eigenvalue weighted by molar-refractivity contribution is 0.0607. The van der Waals surface area contributed by atoms with Crippen molar-refractivity contribution in [2.75, 3.05) is 12.8 Å². The first-order chi connectivity index (χ1) is 8.20. The summed E-state index contributed by atoms with van der Waals surface area (Å²) < 4.78 is 4.71. The van der Waals surface area contributed by atoms with E-state index in [0.717, 1.165) is 35.2 Å². The highest BCUT2D eigenvalue weighted by atomic mass is 32.1. The lowest BCUT2D eigenvalue weighted by Gasteiger charge is -1.98. The number of pyridine rings is 1. The van der Waals surface area contributed by atoms with Crippen LogP contribution in [0.3, 0.4) is 0 Å². The van der Waals surface area contributed by atoms with E-state index in [0.29, 0.717) is 10.6 Å². The second-order valence-electron chi connectivity index (χ2n) is 4.14. The number of ether oxygens (including phenoxy) is 1. The van der Waals surface area contributed by atoms with Crippen LogP contribution in [-0.4, -0.2) is 18.1 Å². The summed E-state index contributed by atoms with van der Waals surface area (Å²) in [6, 6.07) is 2.07. The van der Waals surface area contributed by atoms with E-state index < -0.39 is 0 Å². The zero-order chi connectivity index (χ0) is 12.0. The van der Waals surface area contributed by atoms with Gasteiger partial charge in [-0.1, -0.05) is 0 Å². The molecule has 0 atom stereocenters. The molecule has 0 spiro atoms. The van der Waals surface area contributed by atoms with E-state index in [4.69, 9.17) is 10.5 Å². The number of nitrogens with zero attached hydrogens (tertiary/aromatic N) is 1. The molecule has 4 nitrogen and oxygen atoms in total. The summed E-state index contributed by atoms with van der Waals surface area (Å²) in [4.78, 5) is 17.4. The zero-order valence-electron chi connectivity index (χ0n) is 9.45. The van der Waals surface area contributed by atoms with E-state index in [9.17, 15) is 4.79 Å². The molecule has 2 aromatic rings. The van der Waals surface area contributed by atoms with Crippen molar-refractivity contribution >= 4 is 33.2 Å². The van der Waals surface area contributed by atoms with E-state index in [-0.39, 0.29) is 5.97 Å². The first-order valence-electron chi connectivity index (χ1n) is 5.50. The van der Waals surface area contributed by atoms with Gasteiger partial charge in [-0.25, -0.2) is 9.78 Å². The summed E-state index contributed by atoms with van der Waals surface area (Å²) in [5.74, 6) is -0.384. The highest BCUT2D eigenvalue weighted by Gasteiger charge is 2.21. The van der Waals surface area contributed by atoms with Crippen molar-refractivity contribution in [1.82, 2.24) is 4.98 Å². The van der Waals surface area contributed by atoms with Gasteiger partial charge >= 0.3 is 5.97 Å². The van der Waals surface area contributed by atoms with E-state index in [1.54, 1.807) is 0 Å². The Bertz CT molecular complexity index is 618. The molecule has 1 aliphatic rings. The molecule has 3 rings (SSSR count). The highest BCUT2D eigenvalue weighted by molar-refractivity contribution is 7.21. The van der Waals surface area contributed by atoms with Crippen LogP contribution >= 0.6 is 11.3 Å². The van der Waals surface area contributed by atoms with E-state index in [2.05, 4.69) is 11.1 Å². The Kier molecular flexibility index (Phi) is 2.29. The van der Waals surface area contributed by atoms with Crippen molar-refractivity contribution in [3.8, 4) is 0 Å². The summed E-state index contributed by atoms with van der Waals surface area (Å²) >= 11 is 1.31. The SMILES string of the molecule is COC(=O)c1sc2nc3c(cc2c1N)CCC3. The Balaban J connectivity index is 2.24. The van der Waals surface area contributed by atoms with Crippen LogP contribution in [-0.2, 0) is 17.6 Å². The third kappa shape index (κ3) is 1.50. The smallest absolute Gasteiger partial charge is 0.350 e. The Hall–Kier alpha value is -1.62. The minimum Gasteiger partial charge on any atom is -0.465 e. The lowest BCUT2D eigenvalue weighted by Crippen LogP contribution is -2.01. The molecular formula is C12H12N2O2S. The van der Waals surface area contributed by atoms with Crippen LogP contribution in [0.5, 0.6) is 0 Å². The standard InChI is InChI=1S/C12H12N2O2S/c1-16-12(15)10-9(13)7-5-6-3-2-4-8(6)14-11(7)17-10/h5H,2-4,13H2,1H3. The maximum Gasteiger partial charge on any atom is 0.350 e. The number of carbonyl (C=O) groups excluding carboxylic acids is 1. The maximum absolute atomic E-state index is 11.5. The lowest BCUT2D eigenvalue weighted by atomic mass is 10.1. The Morgan fingerprint density at radius 2 is 2.35 bits per heavy atom. The molecule has 0 aromatic carbocycles. The van der Waals surface area contributed by atoms with Crippen molar-refractivity contribution in [2.45, 2.75) is 19.3 Å². The molecule has 0 aliphatic heterocycles. The number of carbonyl (C=O) groups is 1. The number of nitrogen functional groups attached to an aromatic ring is 1. The molecule has 2 heterocycles. The molecule has 0 bridgehead atoms. The predicted octanol–water partition coefficient (Wildman–Crippen LogP) is 2.15. The van der Waals surface area contributed by atoms with Crippen molar-refractivity contribution < 1.29 is 9.53 Å². The molecule has 0 unspecified atom stereocenters. The fourth-order valence-corrected chi connectivity index (χ4v) is 3.26. The van der Waals surface area contributed by atoms with Gasteiger partial charge < -0.3 is 10.5 Å². The van der Waals surface area contributed by atoms with Crippen molar-refractivity contribution in [1.29, 1.82) is 0 Å². The van der Waals surface area contributed by atoms with E-state index in [1.165, 1.54) is 24.0 Å². The average Bonchev–Trinajstić information content (AvgIpc) is 2.91. The van der Waals surface area contributed by atoms with Crippen LogP contribution in [0.15, 0.2) is 6.07 Å². The first kappa shape index (κ1) is 10.5. The Morgan fingerprint density at radius 1 is 1.53 bits per heavy atom. The van der Waals surface area contributed by atoms with Gasteiger partial charge in [0.2, 0.25) is 0 Å². The number of hydrogen-bond donors (Lipinski definition) is 1. The molecule has 17 heavy (non-hydrogen) atoms. The fourth-order valence-electron chi connectivity index (χ4n) is 2.24. The second kappa shape index (κ2) is 3.70. The molecule has 2 N–H and O–H groups in total. The van der Waals surface area contributed by atoms with Gasteiger partial charge in [0.25, 0.3) is 0 Å². The number of esters is 1. The monoisotopic (exact) mass is 248 g/mol. The van der Waals surface area contributed by atoms with Gasteiger partial charge in [0, 0.05) is 11.1 Å². The maximum atomic E-state index is 11.5. The highest BCUT2D eigenvalue weighted by Crippen LogP contribution is 2.35. The van der Waals surface area contributed by atoms with Gasteiger partial charge in [-0.15, -0.1) is 11.3 Å². The summed E-state index contributed by atoms with van der Waals surface area (Å²) in [5, 5.41) is 0.885. The quantitative estimate of drug-likeness (QED) is 0.785. The summed E-state index contributed by atoms with van der Waals surface area (Å²) in [5.41, 5.74) is 8.89. The molecular weight excluding hydrogens is 236 g/mol. The van der Waals surface area contributed by atoms with E-state index >= 15 is 0 Å². The van der Waals surface area contributed by atoms with Crippen molar-refractivity contribution in [3.63, 3.8) is 0 Å². The van der Waals surface area contributed by atoms with Crippen LogP contribution < -0.4 is 5.73 Å². The minimum atomic E-state index is -0.384.